The zero-order valence-electron chi connectivity index (χ0n) is 34.2. The molecule has 4 aliphatic heterocycles. The lowest BCUT2D eigenvalue weighted by Gasteiger charge is -2.36. The number of likely N-dealkylation sites (tertiary alicyclic amines) is 1. The van der Waals surface area contributed by atoms with E-state index in [0.29, 0.717) is 56.0 Å². The highest BCUT2D eigenvalue weighted by molar-refractivity contribution is 7.89. The number of hydrogen-bond donors (Lipinski definition) is 4. The molecule has 2 aromatic heterocycles. The lowest BCUT2D eigenvalue weighted by atomic mass is 9.89. The molecule has 1 spiro atoms. The van der Waals surface area contributed by atoms with Crippen LogP contribution in [0.4, 0.5) is 22.4 Å². The highest BCUT2D eigenvalue weighted by atomic mass is 32.2. The van der Waals surface area contributed by atoms with E-state index in [4.69, 9.17) is 17.6 Å². The summed E-state index contributed by atoms with van der Waals surface area (Å²) in [6.07, 6.45) is 8.60. The lowest BCUT2D eigenvalue weighted by Crippen LogP contribution is -2.49. The summed E-state index contributed by atoms with van der Waals surface area (Å²) < 4.78 is 31.4. The molecular weight excluding hydrogens is 817 g/mol. The van der Waals surface area contributed by atoms with Gasteiger partial charge in [0.05, 0.1) is 21.9 Å². The van der Waals surface area contributed by atoms with Crippen LogP contribution in [0.25, 0.3) is 10.9 Å². The molecule has 61 heavy (non-hydrogen) atoms. The predicted molar refractivity (Wildman–Crippen MR) is 232 cm³/mol. The molecule has 6 aliphatic rings. The summed E-state index contributed by atoms with van der Waals surface area (Å²) in [6, 6.07) is 12.9. The number of aliphatic hydroxyl groups excluding tert-OH is 1. The maximum atomic E-state index is 14.1. The van der Waals surface area contributed by atoms with Crippen LogP contribution in [0.5, 0.6) is 0 Å². The van der Waals surface area contributed by atoms with E-state index in [1.807, 2.05) is 30.1 Å². The normalized spacial score (nSPS) is 26.2. The summed E-state index contributed by atoms with van der Waals surface area (Å²) in [5.74, 6) is 1.75. The van der Waals surface area contributed by atoms with Crippen LogP contribution < -0.4 is 20.4 Å². The number of piperidine rings is 2. The fourth-order valence-corrected chi connectivity index (χ4v) is 12.4. The Balaban J connectivity index is 0.754. The highest BCUT2D eigenvalue weighted by Gasteiger charge is 2.61. The molecule has 16 nitrogen and oxygen atoms in total. The standard InChI is InChI=1S/C43H52N10O6S2/c1-49-35-21-28(8-9-32(35)38(48-49)52-19-13-37(55)46-42(52)57)27-10-16-50(17-11-27)24-26-4-2-7-31(20-26)61(58,59)51-18-12-34(36(60)25-51)45-41-44-23-33-39(47-41)53(40(56)43(33)14-15-43)29-5-3-6-30(54)22-29/h2,4,7-9,20-21,23,27,29-30,34,36,54,60H,3,5-6,10-19,22,24-25H2,1H3,(H,44,45,47)(H,46,55,57)/t29-,30-,34+,36?/m1/s1. The number of carbonyl (C=O) groups excluding carboxylic acids is 3. The second-order valence-electron chi connectivity index (χ2n) is 17.8. The predicted octanol–water partition coefficient (Wildman–Crippen LogP) is 4.04. The van der Waals surface area contributed by atoms with Crippen molar-refractivity contribution in [3.8, 4) is 0 Å². The van der Waals surface area contributed by atoms with Crippen molar-refractivity contribution >= 4 is 69.0 Å². The van der Waals surface area contributed by atoms with Gasteiger partial charge in [-0.3, -0.25) is 34.3 Å². The number of urea groups is 1. The number of hydrogen-bond acceptors (Lipinski definition) is 12. The minimum Gasteiger partial charge on any atom is -0.393 e. The second-order valence-corrected chi connectivity index (χ2v) is 20.4. The number of nitrogens with zero attached hydrogens (tertiary/aromatic N) is 8. The van der Waals surface area contributed by atoms with Crippen LogP contribution in [0.1, 0.15) is 86.8 Å². The van der Waals surface area contributed by atoms with Crippen LogP contribution in [0, 0.1) is 0 Å². The van der Waals surface area contributed by atoms with Crippen molar-refractivity contribution in [1.82, 2.24) is 34.3 Å². The van der Waals surface area contributed by atoms with E-state index in [1.165, 1.54) is 14.8 Å². The summed E-state index contributed by atoms with van der Waals surface area (Å²) in [5.41, 5.74) is 3.45. The summed E-state index contributed by atoms with van der Waals surface area (Å²) in [4.78, 5) is 53.4. The van der Waals surface area contributed by atoms with Crippen molar-refractivity contribution in [2.75, 3.05) is 47.8 Å². The van der Waals surface area contributed by atoms with Gasteiger partial charge in [0.2, 0.25) is 27.8 Å². The average Bonchev–Trinajstić information content (AvgIpc) is 3.94. The van der Waals surface area contributed by atoms with Gasteiger partial charge in [0, 0.05) is 74.1 Å². The number of aliphatic hydroxyl groups is 1. The number of aromatic nitrogens is 4. The lowest BCUT2D eigenvalue weighted by molar-refractivity contribution is -0.121. The molecule has 18 heteroatoms. The molecule has 6 heterocycles. The smallest absolute Gasteiger partial charge is 0.329 e. The fraction of sp³-hybridized carbons (Fsp3) is 0.535. The third-order valence-corrected chi connectivity index (χ3v) is 16.3. The van der Waals surface area contributed by atoms with Gasteiger partial charge in [-0.2, -0.15) is 27.0 Å². The third-order valence-electron chi connectivity index (χ3n) is 13.9. The number of aryl methyl sites for hydroxylation is 1. The second kappa shape index (κ2) is 15.6. The van der Waals surface area contributed by atoms with E-state index in [1.54, 1.807) is 23.0 Å². The molecule has 322 valence electrons. The van der Waals surface area contributed by atoms with Gasteiger partial charge in [0.1, 0.15) is 5.82 Å². The van der Waals surface area contributed by atoms with Crippen molar-refractivity contribution < 1.29 is 27.9 Å². The summed E-state index contributed by atoms with van der Waals surface area (Å²) in [7, 11) is -1.91. The van der Waals surface area contributed by atoms with Gasteiger partial charge in [-0.05, 0) is 112 Å². The molecule has 4 amide bonds. The van der Waals surface area contributed by atoms with Crippen molar-refractivity contribution in [3.63, 3.8) is 0 Å². The Bertz CT molecular complexity index is 2520. The van der Waals surface area contributed by atoms with Crippen LogP contribution in [0.15, 0.2) is 53.6 Å². The van der Waals surface area contributed by atoms with Gasteiger partial charge in [-0.1, -0.05) is 18.2 Å². The van der Waals surface area contributed by atoms with Crippen molar-refractivity contribution in [2.45, 2.75) is 110 Å². The Morgan fingerprint density at radius 2 is 1.80 bits per heavy atom. The molecule has 2 saturated carbocycles. The molecule has 3 saturated heterocycles. The Morgan fingerprint density at radius 1 is 0.984 bits per heavy atom. The average molecular weight is 869 g/mol. The Morgan fingerprint density at radius 3 is 2.56 bits per heavy atom. The first-order chi connectivity index (χ1) is 29.4. The maximum absolute atomic E-state index is 14.1. The van der Waals surface area contributed by atoms with Crippen molar-refractivity contribution in [3.05, 3.63) is 65.4 Å². The summed E-state index contributed by atoms with van der Waals surface area (Å²) >= 11 is 4.87. The minimum absolute atomic E-state index is 0.0758. The van der Waals surface area contributed by atoms with Gasteiger partial charge in [0.25, 0.3) is 0 Å². The number of thiol groups is 1. The van der Waals surface area contributed by atoms with E-state index < -0.39 is 27.6 Å². The van der Waals surface area contributed by atoms with Crippen molar-refractivity contribution in [1.29, 1.82) is 0 Å². The van der Waals surface area contributed by atoms with Crippen LogP contribution in [0.2, 0.25) is 0 Å². The number of amides is 4. The van der Waals surface area contributed by atoms with E-state index in [2.05, 4.69) is 37.7 Å². The van der Waals surface area contributed by atoms with Gasteiger partial charge in [-0.25, -0.2) is 18.2 Å². The van der Waals surface area contributed by atoms with E-state index in [-0.39, 0.29) is 47.0 Å². The molecule has 1 unspecified atom stereocenters. The van der Waals surface area contributed by atoms with Gasteiger partial charge in [0.15, 0.2) is 5.82 Å². The number of imide groups is 1. The molecule has 2 aliphatic carbocycles. The van der Waals surface area contributed by atoms with Crippen LogP contribution >= 0.6 is 12.6 Å². The number of carbonyl (C=O) groups is 3. The third kappa shape index (κ3) is 7.36. The number of rotatable bonds is 9. The Kier molecular flexibility index (Phi) is 10.4. The van der Waals surface area contributed by atoms with Gasteiger partial charge in [-0.15, -0.1) is 0 Å². The Hall–Kier alpha value is -4.62. The number of benzene rings is 2. The van der Waals surface area contributed by atoms with E-state index in [9.17, 15) is 27.9 Å². The zero-order valence-corrected chi connectivity index (χ0v) is 36.0. The number of nitrogens with one attached hydrogen (secondary N) is 2. The molecule has 0 radical (unpaired) electrons. The van der Waals surface area contributed by atoms with Crippen LogP contribution in [-0.2, 0) is 38.6 Å². The highest BCUT2D eigenvalue weighted by Crippen LogP contribution is 2.57. The topological polar surface area (TPSA) is 186 Å². The Labute approximate surface area is 360 Å². The number of fused-ring (bicyclic) bond motifs is 3. The monoisotopic (exact) mass is 868 g/mol. The first-order valence-corrected chi connectivity index (χ1v) is 23.6. The first kappa shape index (κ1) is 40.5. The molecular formula is C43H52N10O6S2. The van der Waals surface area contributed by atoms with Crippen molar-refractivity contribution in [2.24, 2.45) is 7.05 Å². The number of sulfonamides is 1. The minimum atomic E-state index is -3.78. The largest absolute Gasteiger partial charge is 0.393 e. The molecule has 10 rings (SSSR count). The summed E-state index contributed by atoms with van der Waals surface area (Å²) in [5, 5.41) is 21.4. The molecule has 3 N–H and O–H groups in total. The van der Waals surface area contributed by atoms with Crippen LogP contribution in [0.3, 0.4) is 0 Å². The zero-order chi connectivity index (χ0) is 42.2. The fourth-order valence-electron chi connectivity index (χ4n) is 10.3. The molecule has 4 aromatic rings. The van der Waals surface area contributed by atoms with Gasteiger partial charge < -0.3 is 10.4 Å². The first-order valence-electron chi connectivity index (χ1n) is 21.6. The van der Waals surface area contributed by atoms with E-state index >= 15 is 0 Å². The molecule has 4 atom stereocenters. The summed E-state index contributed by atoms with van der Waals surface area (Å²) in [6.45, 7) is 3.22. The molecule has 2 aromatic carbocycles. The quantitative estimate of drug-likeness (QED) is 0.178. The van der Waals surface area contributed by atoms with Gasteiger partial charge >= 0.3 is 6.03 Å². The molecule has 0 bridgehead atoms. The maximum Gasteiger partial charge on any atom is 0.329 e. The molecule has 5 fully saturated rings. The van der Waals surface area contributed by atoms with Crippen LogP contribution in [-0.4, -0.2) is 116 Å². The number of anilines is 3. The SMILES string of the molecule is Cn1nc(N2CCC(=O)NC2=O)c2ccc(C3CCN(Cc4cccc(S(=O)(=O)N5CC[C@H](Nc6ncc7c(n6)N([C@@H]6CCC[C@@H](O)C6)C(=O)C76CC6)C(S)C5)c4)CC3)cc21. The van der Waals surface area contributed by atoms with E-state index in [0.717, 1.165) is 80.1 Å².